The summed E-state index contributed by atoms with van der Waals surface area (Å²) in [5.74, 6) is 0. The number of anilines is 2. The van der Waals surface area contributed by atoms with Crippen LogP contribution in [0.5, 0.6) is 0 Å². The Kier molecular flexibility index (Phi) is 7.43. The molecular formula is C9H8N2S4Zn. The van der Waals surface area contributed by atoms with Crippen molar-refractivity contribution in [1.82, 2.24) is 0 Å². The van der Waals surface area contributed by atoms with E-state index in [-0.39, 0.29) is 19.5 Å². The Bertz CT molecular complexity index is 408. The second-order valence-corrected chi connectivity index (χ2v) is 5.00. The fraction of sp³-hybridized carbons (Fsp3) is 0.111. The van der Waals surface area contributed by atoms with Crippen molar-refractivity contribution in [3.63, 3.8) is 0 Å². The summed E-state index contributed by atoms with van der Waals surface area (Å²) < 4.78 is 0.627. The molecule has 0 amide bonds. The number of aryl methyl sites for hydroxylation is 1. The zero-order valence-corrected chi connectivity index (χ0v) is 14.8. The molecule has 7 heteroatoms. The first-order valence-corrected chi connectivity index (χ1v) is 5.69. The second kappa shape index (κ2) is 7.40. The minimum Gasteiger partial charge on any atom is -0.411 e. The predicted octanol–water partition coefficient (Wildman–Crippen LogP) is 2.48. The van der Waals surface area contributed by atoms with E-state index in [1.807, 2.05) is 25.1 Å². The minimum absolute atomic E-state index is 0. The number of rotatable bonds is 2. The van der Waals surface area contributed by atoms with Crippen LogP contribution in [0.3, 0.4) is 0 Å². The van der Waals surface area contributed by atoms with Gasteiger partial charge in [-0.25, -0.2) is 0 Å². The topological polar surface area (TPSA) is 24.1 Å². The molecule has 80 valence electrons. The fourth-order valence-electron chi connectivity index (χ4n) is 1.06. The Hall–Kier alpha value is 0.0634. The molecule has 0 saturated carbocycles. The Morgan fingerprint density at radius 1 is 1.12 bits per heavy atom. The Morgan fingerprint density at radius 3 is 2.19 bits per heavy atom. The molecule has 0 aliphatic carbocycles. The van der Waals surface area contributed by atoms with E-state index < -0.39 is 0 Å². The van der Waals surface area contributed by atoms with Gasteiger partial charge in [0, 0.05) is 11.4 Å². The van der Waals surface area contributed by atoms with Gasteiger partial charge < -0.3 is 60.3 Å². The van der Waals surface area contributed by atoms with Crippen LogP contribution in [0.15, 0.2) is 18.2 Å². The molecule has 1 rings (SSSR count). The van der Waals surface area contributed by atoms with Crippen LogP contribution >= 0.6 is 24.4 Å². The molecule has 0 fully saturated rings. The van der Waals surface area contributed by atoms with Gasteiger partial charge in [0.25, 0.3) is 0 Å². The SMILES string of the molecule is Cc1ccc(NC(=S)[S-])cc1NC(=S)[S-].[Zn+2]. The first-order valence-electron chi connectivity index (χ1n) is 4.05. The number of nitrogens with one attached hydrogen (secondary N) is 2. The Morgan fingerprint density at radius 2 is 1.69 bits per heavy atom. The quantitative estimate of drug-likeness (QED) is 0.488. The molecule has 1 aromatic rings. The molecule has 0 unspecified atom stereocenters. The van der Waals surface area contributed by atoms with E-state index in [9.17, 15) is 0 Å². The van der Waals surface area contributed by atoms with Crippen molar-refractivity contribution in [3.8, 4) is 0 Å². The third-order valence-electron chi connectivity index (χ3n) is 1.72. The average molecular weight is 338 g/mol. The summed E-state index contributed by atoms with van der Waals surface area (Å²) in [6.07, 6.45) is 0. The van der Waals surface area contributed by atoms with Crippen molar-refractivity contribution in [1.29, 1.82) is 0 Å². The minimum atomic E-state index is 0. The van der Waals surface area contributed by atoms with E-state index >= 15 is 0 Å². The van der Waals surface area contributed by atoms with Crippen LogP contribution in [0.25, 0.3) is 0 Å². The average Bonchev–Trinajstić information content (AvgIpc) is 2.09. The Labute approximate surface area is 130 Å². The van der Waals surface area contributed by atoms with Crippen LogP contribution in [0, 0.1) is 6.92 Å². The van der Waals surface area contributed by atoms with Crippen LogP contribution in [0.4, 0.5) is 11.4 Å². The number of thiocarbonyl (C=S) groups is 2. The second-order valence-electron chi connectivity index (χ2n) is 2.85. The molecule has 16 heavy (non-hydrogen) atoms. The van der Waals surface area contributed by atoms with Crippen molar-refractivity contribution in [2.75, 3.05) is 10.6 Å². The van der Waals surface area contributed by atoms with Gasteiger partial charge >= 0.3 is 19.5 Å². The molecule has 0 bridgehead atoms. The Balaban J connectivity index is 0.00000225. The van der Waals surface area contributed by atoms with Gasteiger partial charge in [-0.2, -0.15) is 0 Å². The largest absolute Gasteiger partial charge is 2.00 e. The van der Waals surface area contributed by atoms with Gasteiger partial charge in [0.05, 0.1) is 0 Å². The molecule has 1 aromatic carbocycles. The predicted molar refractivity (Wildman–Crippen MR) is 78.4 cm³/mol. The molecule has 2 nitrogen and oxygen atoms in total. The van der Waals surface area contributed by atoms with Gasteiger partial charge in [0.15, 0.2) is 0 Å². The zero-order valence-electron chi connectivity index (χ0n) is 8.57. The molecule has 2 N–H and O–H groups in total. The maximum atomic E-state index is 4.81. The molecule has 0 radical (unpaired) electrons. The zero-order chi connectivity index (χ0) is 11.4. The smallest absolute Gasteiger partial charge is 0.411 e. The van der Waals surface area contributed by atoms with Crippen molar-refractivity contribution in [2.24, 2.45) is 0 Å². The van der Waals surface area contributed by atoms with Gasteiger partial charge in [-0.15, -0.1) is 0 Å². The summed E-state index contributed by atoms with van der Waals surface area (Å²) in [5, 5.41) is 5.79. The van der Waals surface area contributed by atoms with Gasteiger partial charge in [0.1, 0.15) is 0 Å². The van der Waals surface area contributed by atoms with Gasteiger partial charge in [-0.1, -0.05) is 14.7 Å². The molecule has 0 saturated heterocycles. The molecule has 0 aliphatic rings. The maximum Gasteiger partial charge on any atom is 2.00 e. The third kappa shape index (κ3) is 5.41. The standard InChI is InChI=1S/C9H10N2S4.Zn/c1-5-2-3-6(10-8(12)13)4-7(5)11-9(14)15;/h2-4H,1H3,(H2,10,12,13)(H2,11,14,15);/q;+2/p-2. The van der Waals surface area contributed by atoms with E-state index in [2.05, 4.69) is 10.6 Å². The summed E-state index contributed by atoms with van der Waals surface area (Å²) >= 11 is 19.2. The van der Waals surface area contributed by atoms with Gasteiger partial charge in [-0.3, -0.25) is 0 Å². The van der Waals surface area contributed by atoms with Gasteiger partial charge in [-0.05, 0) is 24.6 Å². The van der Waals surface area contributed by atoms with Crippen molar-refractivity contribution >= 4 is 69.7 Å². The number of benzene rings is 1. The first kappa shape index (κ1) is 16.1. The molecule has 0 aliphatic heterocycles. The van der Waals surface area contributed by atoms with E-state index in [1.54, 1.807) is 0 Å². The van der Waals surface area contributed by atoms with Crippen LogP contribution in [-0.2, 0) is 44.7 Å². The number of hydrogen-bond acceptors (Lipinski definition) is 4. The fourth-order valence-corrected chi connectivity index (χ4v) is 1.52. The normalized spacial score (nSPS) is 8.81. The monoisotopic (exact) mass is 336 g/mol. The molecular weight excluding hydrogens is 330 g/mol. The van der Waals surface area contributed by atoms with Crippen LogP contribution < -0.4 is 10.6 Å². The van der Waals surface area contributed by atoms with E-state index in [4.69, 9.17) is 49.7 Å². The first-order chi connectivity index (χ1) is 6.99. The molecule has 0 atom stereocenters. The maximum absolute atomic E-state index is 4.81. The summed E-state index contributed by atoms with van der Waals surface area (Å²) in [7, 11) is 0. The summed E-state index contributed by atoms with van der Waals surface area (Å²) in [6.45, 7) is 1.96. The van der Waals surface area contributed by atoms with E-state index in [0.29, 0.717) is 8.64 Å². The molecule has 0 spiro atoms. The third-order valence-corrected chi connectivity index (χ3v) is 2.13. The summed E-state index contributed by atoms with van der Waals surface area (Å²) in [6, 6.07) is 5.70. The van der Waals surface area contributed by atoms with Crippen LogP contribution in [-0.4, -0.2) is 8.64 Å². The van der Waals surface area contributed by atoms with Crippen molar-refractivity contribution in [2.45, 2.75) is 6.92 Å². The number of hydrogen-bond donors (Lipinski definition) is 2. The summed E-state index contributed by atoms with van der Waals surface area (Å²) in [5.41, 5.74) is 2.75. The van der Waals surface area contributed by atoms with Crippen molar-refractivity contribution < 1.29 is 19.5 Å². The van der Waals surface area contributed by atoms with Crippen LogP contribution in [0.1, 0.15) is 5.56 Å². The molecule has 0 aromatic heterocycles. The van der Waals surface area contributed by atoms with Crippen molar-refractivity contribution in [3.05, 3.63) is 23.8 Å². The van der Waals surface area contributed by atoms with E-state index in [1.165, 1.54) is 0 Å². The van der Waals surface area contributed by atoms with Gasteiger partial charge in [0.2, 0.25) is 0 Å². The van der Waals surface area contributed by atoms with Crippen LogP contribution in [0.2, 0.25) is 0 Å². The van der Waals surface area contributed by atoms with E-state index in [0.717, 1.165) is 16.9 Å². The summed E-state index contributed by atoms with van der Waals surface area (Å²) in [4.78, 5) is 0. The molecule has 0 heterocycles.